The van der Waals surface area contributed by atoms with Crippen molar-refractivity contribution in [2.24, 2.45) is 0 Å². The summed E-state index contributed by atoms with van der Waals surface area (Å²) in [5.74, 6) is -0.396. The van der Waals surface area contributed by atoms with Crippen LogP contribution in [0.2, 0.25) is 0 Å². The van der Waals surface area contributed by atoms with Gasteiger partial charge in [-0.2, -0.15) is 5.26 Å². The number of nitrogens with zero attached hydrogens (tertiary/aromatic N) is 2. The highest BCUT2D eigenvalue weighted by Gasteiger charge is 2.17. The number of amides is 1. The van der Waals surface area contributed by atoms with Crippen LogP contribution < -0.4 is 10.0 Å². The van der Waals surface area contributed by atoms with Crippen molar-refractivity contribution in [3.05, 3.63) is 59.9 Å². The zero-order chi connectivity index (χ0) is 18.3. The van der Waals surface area contributed by atoms with Crippen molar-refractivity contribution in [1.82, 2.24) is 15.0 Å². The van der Waals surface area contributed by atoms with Gasteiger partial charge in [0.1, 0.15) is 0 Å². The quantitative estimate of drug-likeness (QED) is 0.733. The second kappa shape index (κ2) is 8.37. The zero-order valence-corrected chi connectivity index (χ0v) is 14.5. The van der Waals surface area contributed by atoms with E-state index in [1.807, 2.05) is 12.1 Å². The van der Waals surface area contributed by atoms with E-state index in [4.69, 9.17) is 5.26 Å². The molecule has 130 valence electrons. The number of aromatic nitrogens is 1. The number of carbonyl (C=O) groups is 1. The Kier molecular flexibility index (Phi) is 6.22. The van der Waals surface area contributed by atoms with Crippen LogP contribution >= 0.6 is 0 Å². The second-order valence-electron chi connectivity index (χ2n) is 5.28. The molecule has 0 saturated heterocycles. The van der Waals surface area contributed by atoms with Gasteiger partial charge in [0, 0.05) is 24.7 Å². The minimum absolute atomic E-state index is 0.0198. The Balaban J connectivity index is 2.12. The Morgan fingerprint density at radius 3 is 2.76 bits per heavy atom. The van der Waals surface area contributed by atoms with Gasteiger partial charge in [-0.15, -0.1) is 0 Å². The summed E-state index contributed by atoms with van der Waals surface area (Å²) >= 11 is 0. The van der Waals surface area contributed by atoms with Crippen LogP contribution in [0.5, 0.6) is 0 Å². The molecule has 1 unspecified atom stereocenters. The summed E-state index contributed by atoms with van der Waals surface area (Å²) in [6.07, 6.45) is 1.71. The van der Waals surface area contributed by atoms with Gasteiger partial charge in [-0.3, -0.25) is 9.78 Å². The molecule has 2 rings (SSSR count). The molecule has 7 nitrogen and oxygen atoms in total. The highest BCUT2D eigenvalue weighted by molar-refractivity contribution is 7.89. The van der Waals surface area contributed by atoms with E-state index in [2.05, 4.69) is 15.0 Å². The fourth-order valence-corrected chi connectivity index (χ4v) is 3.19. The molecule has 2 N–H and O–H groups in total. The third-order valence-electron chi connectivity index (χ3n) is 3.41. The zero-order valence-electron chi connectivity index (χ0n) is 13.6. The lowest BCUT2D eigenvalue weighted by Crippen LogP contribution is -2.28. The van der Waals surface area contributed by atoms with Crippen LogP contribution in [0.3, 0.4) is 0 Å². The summed E-state index contributed by atoms with van der Waals surface area (Å²) in [6, 6.07) is 12.7. The normalized spacial score (nSPS) is 12.2. The molecule has 25 heavy (non-hydrogen) atoms. The molecule has 2 aromatic rings. The van der Waals surface area contributed by atoms with Crippen LogP contribution in [0, 0.1) is 11.3 Å². The topological polar surface area (TPSA) is 112 Å². The highest BCUT2D eigenvalue weighted by Crippen LogP contribution is 2.14. The van der Waals surface area contributed by atoms with Gasteiger partial charge in [0.25, 0.3) is 5.91 Å². The van der Waals surface area contributed by atoms with E-state index in [-0.39, 0.29) is 29.5 Å². The van der Waals surface area contributed by atoms with Crippen molar-refractivity contribution in [1.29, 1.82) is 5.26 Å². The SMILES string of the molecule is CC(NC(=O)c1cccc(S(=O)(=O)NCCC#N)c1)c1ccccn1. The van der Waals surface area contributed by atoms with Crippen LogP contribution in [-0.2, 0) is 10.0 Å². The van der Waals surface area contributed by atoms with E-state index in [1.54, 1.807) is 25.3 Å². The first-order chi connectivity index (χ1) is 11.9. The summed E-state index contributed by atoms with van der Waals surface area (Å²) in [5.41, 5.74) is 0.934. The van der Waals surface area contributed by atoms with Crippen LogP contribution in [0.25, 0.3) is 0 Å². The Hall–Kier alpha value is -2.76. The molecule has 0 fully saturated rings. The molecule has 0 radical (unpaired) electrons. The molecular formula is C17H18N4O3S. The maximum Gasteiger partial charge on any atom is 0.251 e. The van der Waals surface area contributed by atoms with Gasteiger partial charge >= 0.3 is 0 Å². The maximum atomic E-state index is 12.4. The van der Waals surface area contributed by atoms with E-state index in [9.17, 15) is 13.2 Å². The predicted molar refractivity (Wildman–Crippen MR) is 92.0 cm³/mol. The lowest BCUT2D eigenvalue weighted by molar-refractivity contribution is 0.0939. The molecule has 0 spiro atoms. The number of sulfonamides is 1. The number of rotatable bonds is 7. The van der Waals surface area contributed by atoms with Crippen LogP contribution in [0.1, 0.15) is 35.4 Å². The van der Waals surface area contributed by atoms with E-state index in [1.165, 1.54) is 24.3 Å². The fraction of sp³-hybridized carbons (Fsp3) is 0.235. The van der Waals surface area contributed by atoms with Gasteiger partial charge in [-0.1, -0.05) is 12.1 Å². The molecular weight excluding hydrogens is 340 g/mol. The Morgan fingerprint density at radius 2 is 2.08 bits per heavy atom. The van der Waals surface area contributed by atoms with Crippen molar-refractivity contribution in [2.45, 2.75) is 24.3 Å². The Bertz CT molecular complexity index is 876. The lowest BCUT2D eigenvalue weighted by atomic mass is 10.1. The van der Waals surface area contributed by atoms with Gasteiger partial charge in [0.05, 0.1) is 22.7 Å². The summed E-state index contributed by atoms with van der Waals surface area (Å²) in [7, 11) is -3.76. The van der Waals surface area contributed by atoms with E-state index in [0.717, 1.165) is 0 Å². The molecule has 1 atom stereocenters. The van der Waals surface area contributed by atoms with E-state index < -0.39 is 15.9 Å². The molecule has 0 aliphatic heterocycles. The average molecular weight is 358 g/mol. The second-order valence-corrected chi connectivity index (χ2v) is 7.05. The monoisotopic (exact) mass is 358 g/mol. The number of carbonyl (C=O) groups excluding carboxylic acids is 1. The minimum Gasteiger partial charge on any atom is -0.344 e. The standard InChI is InChI=1S/C17H18N4O3S/c1-13(16-8-2-3-10-19-16)21-17(22)14-6-4-7-15(12-14)25(23,24)20-11-5-9-18/h2-4,6-8,10,12-13,20H,5,11H2,1H3,(H,21,22). The van der Waals surface area contributed by atoms with Gasteiger partial charge in [0.15, 0.2) is 0 Å². The predicted octanol–water partition coefficient (Wildman–Crippen LogP) is 1.76. The van der Waals surface area contributed by atoms with Crippen molar-refractivity contribution in [2.75, 3.05) is 6.54 Å². The van der Waals surface area contributed by atoms with Crippen LogP contribution in [0.15, 0.2) is 53.6 Å². The molecule has 8 heteroatoms. The van der Waals surface area contributed by atoms with Crippen LogP contribution in [0.4, 0.5) is 0 Å². The third-order valence-corrected chi connectivity index (χ3v) is 4.87. The highest BCUT2D eigenvalue weighted by atomic mass is 32.2. The largest absolute Gasteiger partial charge is 0.344 e. The third kappa shape index (κ3) is 5.11. The number of benzene rings is 1. The fourth-order valence-electron chi connectivity index (χ4n) is 2.12. The summed E-state index contributed by atoms with van der Waals surface area (Å²) < 4.78 is 26.6. The Labute approximate surface area is 146 Å². The van der Waals surface area contributed by atoms with Gasteiger partial charge in [-0.25, -0.2) is 13.1 Å². The average Bonchev–Trinajstić information content (AvgIpc) is 2.62. The number of hydrogen-bond donors (Lipinski definition) is 2. The number of hydrogen-bond acceptors (Lipinski definition) is 5. The summed E-state index contributed by atoms with van der Waals surface area (Å²) in [6.45, 7) is 1.82. The van der Waals surface area contributed by atoms with Crippen molar-refractivity contribution < 1.29 is 13.2 Å². The molecule has 1 aromatic carbocycles. The van der Waals surface area contributed by atoms with Crippen molar-refractivity contribution in [3.8, 4) is 6.07 Å². The first-order valence-corrected chi connectivity index (χ1v) is 9.11. The lowest BCUT2D eigenvalue weighted by Gasteiger charge is -2.14. The van der Waals surface area contributed by atoms with Gasteiger partial charge in [-0.05, 0) is 37.3 Å². The smallest absolute Gasteiger partial charge is 0.251 e. The van der Waals surface area contributed by atoms with E-state index in [0.29, 0.717) is 5.69 Å². The minimum atomic E-state index is -3.76. The number of nitriles is 1. The molecule has 0 saturated carbocycles. The molecule has 1 amide bonds. The maximum absolute atomic E-state index is 12.4. The Morgan fingerprint density at radius 1 is 1.28 bits per heavy atom. The summed E-state index contributed by atoms with van der Waals surface area (Å²) in [5, 5.41) is 11.3. The van der Waals surface area contributed by atoms with Crippen LogP contribution in [-0.4, -0.2) is 25.9 Å². The molecule has 1 heterocycles. The first-order valence-electron chi connectivity index (χ1n) is 7.62. The summed E-state index contributed by atoms with van der Waals surface area (Å²) in [4.78, 5) is 16.5. The number of nitrogens with one attached hydrogen (secondary N) is 2. The van der Waals surface area contributed by atoms with Crippen molar-refractivity contribution >= 4 is 15.9 Å². The van der Waals surface area contributed by atoms with Gasteiger partial charge in [0.2, 0.25) is 10.0 Å². The number of pyridine rings is 1. The van der Waals surface area contributed by atoms with Gasteiger partial charge < -0.3 is 5.32 Å². The molecule has 0 bridgehead atoms. The molecule has 0 aliphatic carbocycles. The van der Waals surface area contributed by atoms with E-state index >= 15 is 0 Å². The van der Waals surface area contributed by atoms with Crippen molar-refractivity contribution in [3.63, 3.8) is 0 Å². The first kappa shape index (κ1) is 18.6. The molecule has 0 aliphatic rings. The molecule has 1 aromatic heterocycles.